The number of ether oxygens (including phenoxy) is 5. The first kappa shape index (κ1) is 24.0. The average molecular weight is 495 g/mol. The molecule has 1 saturated heterocycles. The molecule has 188 valence electrons. The number of rotatable bonds is 5. The summed E-state index contributed by atoms with van der Waals surface area (Å²) >= 11 is 1.29. The van der Waals surface area contributed by atoms with E-state index in [1.54, 1.807) is 13.8 Å². The number of fused-ring (bicyclic) bond motifs is 1. The van der Waals surface area contributed by atoms with Gasteiger partial charge in [-0.25, -0.2) is 4.79 Å². The fourth-order valence-electron chi connectivity index (χ4n) is 7.32. The molecule has 34 heavy (non-hydrogen) atoms. The molecule has 4 aliphatic carbocycles. The molecule has 5 atom stereocenters. The molecule has 0 spiro atoms. The Balaban J connectivity index is 1.53. The SMILES string of the molecule is CCOC(=O)C1=C(C23CC4CC(CC(C4)C2)C3)OC2OC(C)C(OC(C)=O)C(OC(C)=O)C2S1. The first-order valence-corrected chi connectivity index (χ1v) is 13.3. The zero-order valence-corrected chi connectivity index (χ0v) is 21.1. The highest BCUT2D eigenvalue weighted by Gasteiger charge is 2.59. The molecule has 5 fully saturated rings. The van der Waals surface area contributed by atoms with E-state index in [0.717, 1.165) is 19.3 Å². The third-order valence-electron chi connectivity index (χ3n) is 8.01. The minimum absolute atomic E-state index is 0.176. The van der Waals surface area contributed by atoms with Gasteiger partial charge in [0.2, 0.25) is 6.29 Å². The first-order chi connectivity index (χ1) is 16.2. The van der Waals surface area contributed by atoms with Gasteiger partial charge in [0, 0.05) is 19.3 Å². The maximum atomic E-state index is 13.2. The maximum Gasteiger partial charge on any atom is 0.348 e. The zero-order valence-electron chi connectivity index (χ0n) is 20.2. The topological polar surface area (TPSA) is 97.4 Å². The Morgan fingerprint density at radius 2 is 1.53 bits per heavy atom. The van der Waals surface area contributed by atoms with E-state index in [-0.39, 0.29) is 12.0 Å². The smallest absolute Gasteiger partial charge is 0.348 e. The fraction of sp³-hybridized carbons (Fsp3) is 0.800. The summed E-state index contributed by atoms with van der Waals surface area (Å²) in [4.78, 5) is 37.4. The molecular formula is C25H34O8S. The van der Waals surface area contributed by atoms with Crippen LogP contribution in [0.1, 0.15) is 66.2 Å². The van der Waals surface area contributed by atoms with Crippen molar-refractivity contribution in [2.75, 3.05) is 6.61 Å². The van der Waals surface area contributed by atoms with Gasteiger partial charge < -0.3 is 23.7 Å². The van der Waals surface area contributed by atoms with E-state index in [9.17, 15) is 14.4 Å². The van der Waals surface area contributed by atoms with Crippen LogP contribution in [-0.2, 0) is 38.1 Å². The Hall–Kier alpha value is -1.74. The van der Waals surface area contributed by atoms with Crippen molar-refractivity contribution in [2.45, 2.75) is 96.1 Å². The summed E-state index contributed by atoms with van der Waals surface area (Å²) in [6.07, 6.45) is 3.99. The normalized spacial score (nSPS) is 42.5. The van der Waals surface area contributed by atoms with E-state index >= 15 is 0 Å². The first-order valence-electron chi connectivity index (χ1n) is 12.4. The van der Waals surface area contributed by atoms with Crippen LogP contribution >= 0.6 is 11.8 Å². The molecule has 2 heterocycles. The van der Waals surface area contributed by atoms with E-state index in [1.165, 1.54) is 44.9 Å². The molecule has 2 aliphatic heterocycles. The molecule has 0 radical (unpaired) electrons. The van der Waals surface area contributed by atoms with Gasteiger partial charge in [0.05, 0.1) is 12.7 Å². The van der Waals surface area contributed by atoms with Gasteiger partial charge in [-0.3, -0.25) is 9.59 Å². The Kier molecular flexibility index (Phi) is 6.38. The van der Waals surface area contributed by atoms with Crippen molar-refractivity contribution in [2.24, 2.45) is 23.2 Å². The van der Waals surface area contributed by atoms with E-state index < -0.39 is 47.8 Å². The van der Waals surface area contributed by atoms with Crippen LogP contribution in [-0.4, -0.2) is 54.4 Å². The van der Waals surface area contributed by atoms with Gasteiger partial charge in [0.15, 0.2) is 12.2 Å². The molecule has 0 aromatic carbocycles. The fourth-order valence-corrected chi connectivity index (χ4v) is 8.70. The minimum atomic E-state index is -0.817. The Labute approximate surface area is 204 Å². The zero-order chi connectivity index (χ0) is 24.2. The average Bonchev–Trinajstić information content (AvgIpc) is 2.74. The lowest BCUT2D eigenvalue weighted by atomic mass is 9.49. The van der Waals surface area contributed by atoms with Crippen molar-refractivity contribution >= 4 is 29.7 Å². The summed E-state index contributed by atoms with van der Waals surface area (Å²) in [6.45, 7) is 6.44. The molecule has 9 heteroatoms. The number of hydrogen-bond acceptors (Lipinski definition) is 9. The van der Waals surface area contributed by atoms with Crippen molar-refractivity contribution in [1.29, 1.82) is 0 Å². The van der Waals surface area contributed by atoms with Crippen LogP contribution in [0.5, 0.6) is 0 Å². The highest BCUT2D eigenvalue weighted by atomic mass is 32.2. The van der Waals surface area contributed by atoms with Crippen molar-refractivity contribution in [1.82, 2.24) is 0 Å². The van der Waals surface area contributed by atoms with Gasteiger partial charge in [-0.15, -0.1) is 11.8 Å². The van der Waals surface area contributed by atoms with Gasteiger partial charge in [-0.05, 0) is 70.1 Å². The van der Waals surface area contributed by atoms with E-state index in [4.69, 9.17) is 23.7 Å². The predicted octanol–water partition coefficient (Wildman–Crippen LogP) is 3.72. The standard InChI is InChI=1S/C25H34O8S/c1-5-29-23(28)21-22(25-9-15-6-16(10-25)8-17(7-15)11-25)33-24-20(34-21)19(32-14(4)27)18(12(2)30-24)31-13(3)26/h12,15-20,24H,5-11H2,1-4H3. The number of carbonyl (C=O) groups is 3. The summed E-state index contributed by atoms with van der Waals surface area (Å²) in [5, 5.41) is -0.568. The molecule has 0 amide bonds. The Morgan fingerprint density at radius 3 is 2.06 bits per heavy atom. The molecule has 0 aromatic rings. The molecule has 6 rings (SSSR count). The van der Waals surface area contributed by atoms with E-state index in [1.807, 2.05) is 0 Å². The van der Waals surface area contributed by atoms with Crippen LogP contribution in [0.2, 0.25) is 0 Å². The molecular weight excluding hydrogens is 460 g/mol. The van der Waals surface area contributed by atoms with Crippen LogP contribution in [0.25, 0.3) is 0 Å². The second kappa shape index (κ2) is 9.04. The van der Waals surface area contributed by atoms with Crippen LogP contribution in [0.15, 0.2) is 10.7 Å². The van der Waals surface area contributed by atoms with Gasteiger partial charge in [0.25, 0.3) is 0 Å². The number of esters is 3. The van der Waals surface area contributed by atoms with Gasteiger partial charge in [0.1, 0.15) is 15.9 Å². The van der Waals surface area contributed by atoms with Crippen molar-refractivity contribution < 1.29 is 38.1 Å². The van der Waals surface area contributed by atoms with Gasteiger partial charge in [-0.1, -0.05) is 0 Å². The van der Waals surface area contributed by atoms with E-state index in [0.29, 0.717) is 28.4 Å². The second-order valence-electron chi connectivity index (χ2n) is 10.6. The van der Waals surface area contributed by atoms with Crippen LogP contribution < -0.4 is 0 Å². The Morgan fingerprint density at radius 1 is 0.971 bits per heavy atom. The number of hydrogen-bond donors (Lipinski definition) is 0. The lowest BCUT2D eigenvalue weighted by Gasteiger charge is -2.58. The molecule has 0 aromatic heterocycles. The number of carbonyl (C=O) groups excluding carboxylic acids is 3. The summed E-state index contributed by atoms with van der Waals surface area (Å²) in [6, 6.07) is 0. The lowest BCUT2D eigenvalue weighted by Crippen LogP contribution is -2.60. The Bertz CT molecular complexity index is 862. The summed E-state index contributed by atoms with van der Waals surface area (Å²) in [5.74, 6) is 1.31. The molecule has 0 N–H and O–H groups in total. The second-order valence-corrected chi connectivity index (χ2v) is 11.8. The summed E-state index contributed by atoms with van der Waals surface area (Å²) in [5.41, 5.74) is -0.176. The van der Waals surface area contributed by atoms with Crippen LogP contribution in [0, 0.1) is 23.2 Å². The maximum absolute atomic E-state index is 13.2. The van der Waals surface area contributed by atoms with Crippen molar-refractivity contribution in [3.8, 4) is 0 Å². The molecule has 5 unspecified atom stereocenters. The van der Waals surface area contributed by atoms with Crippen LogP contribution in [0.4, 0.5) is 0 Å². The lowest BCUT2D eigenvalue weighted by molar-refractivity contribution is -0.250. The van der Waals surface area contributed by atoms with Crippen molar-refractivity contribution in [3.63, 3.8) is 0 Å². The highest BCUT2D eigenvalue weighted by molar-refractivity contribution is 8.04. The van der Waals surface area contributed by atoms with Crippen molar-refractivity contribution in [3.05, 3.63) is 10.7 Å². The van der Waals surface area contributed by atoms with E-state index in [2.05, 4.69) is 0 Å². The monoisotopic (exact) mass is 494 g/mol. The molecule has 8 nitrogen and oxygen atoms in total. The largest absolute Gasteiger partial charge is 0.466 e. The van der Waals surface area contributed by atoms with Gasteiger partial charge >= 0.3 is 17.9 Å². The predicted molar refractivity (Wildman–Crippen MR) is 122 cm³/mol. The molecule has 4 bridgehead atoms. The summed E-state index contributed by atoms with van der Waals surface area (Å²) < 4.78 is 29.4. The quantitative estimate of drug-likeness (QED) is 0.418. The molecule has 6 aliphatic rings. The highest BCUT2D eigenvalue weighted by Crippen LogP contribution is 2.65. The van der Waals surface area contributed by atoms with Gasteiger partial charge in [-0.2, -0.15) is 0 Å². The third kappa shape index (κ3) is 4.23. The number of thioether (sulfide) groups is 1. The summed E-state index contributed by atoms with van der Waals surface area (Å²) in [7, 11) is 0. The third-order valence-corrected chi connectivity index (χ3v) is 9.36. The molecule has 4 saturated carbocycles. The minimum Gasteiger partial charge on any atom is -0.466 e. The van der Waals surface area contributed by atoms with Crippen LogP contribution in [0.3, 0.4) is 0 Å². The number of allylic oxidation sites excluding steroid dienone is 1.